The highest BCUT2D eigenvalue weighted by atomic mass is 28.3. The van der Waals surface area contributed by atoms with Gasteiger partial charge in [0.05, 0.1) is 0 Å². The molecular formula is C11H29NSi2. The summed E-state index contributed by atoms with van der Waals surface area (Å²) in [6.07, 6.45) is 2.62. The van der Waals surface area contributed by atoms with Gasteiger partial charge in [0.2, 0.25) is 0 Å². The number of nitrogens with zero attached hydrogens (tertiary/aromatic N) is 1. The van der Waals surface area contributed by atoms with Crippen molar-refractivity contribution in [1.29, 1.82) is 0 Å². The Morgan fingerprint density at radius 3 is 1.86 bits per heavy atom. The summed E-state index contributed by atoms with van der Waals surface area (Å²) in [5, 5.41) is 0. The molecule has 0 aromatic carbocycles. The molecule has 0 fully saturated rings. The molecule has 0 aliphatic rings. The fraction of sp³-hybridized carbons (Fsp3) is 1.00. The van der Waals surface area contributed by atoms with Crippen LogP contribution in [0.1, 0.15) is 40.5 Å². The lowest BCUT2D eigenvalue weighted by Crippen LogP contribution is -2.48. The summed E-state index contributed by atoms with van der Waals surface area (Å²) in [5.74, 6) is 0. The molecule has 0 rings (SSSR count). The van der Waals surface area contributed by atoms with Gasteiger partial charge in [-0.25, -0.2) is 0 Å². The maximum absolute atomic E-state index is 2.86. The fourth-order valence-electron chi connectivity index (χ4n) is 2.29. The summed E-state index contributed by atoms with van der Waals surface area (Å²) < 4.78 is 2.86. The van der Waals surface area contributed by atoms with Gasteiger partial charge in [0.15, 0.2) is 0 Å². The van der Waals surface area contributed by atoms with E-state index in [1.54, 1.807) is 0 Å². The maximum Gasteiger partial charge on any atom is 0.109 e. The molecule has 0 bridgehead atoms. The van der Waals surface area contributed by atoms with E-state index >= 15 is 0 Å². The van der Waals surface area contributed by atoms with Crippen LogP contribution in [0.25, 0.3) is 0 Å². The highest BCUT2D eigenvalue weighted by Gasteiger charge is 2.23. The molecule has 0 aliphatic heterocycles. The van der Waals surface area contributed by atoms with Crippen LogP contribution in [0.3, 0.4) is 0 Å². The Balaban J connectivity index is 4.36. The van der Waals surface area contributed by atoms with Crippen LogP contribution in [0, 0.1) is 0 Å². The van der Waals surface area contributed by atoms with Crippen molar-refractivity contribution in [3.05, 3.63) is 0 Å². The van der Waals surface area contributed by atoms with Gasteiger partial charge in [-0.1, -0.05) is 46.3 Å². The van der Waals surface area contributed by atoms with E-state index in [1.165, 1.54) is 35.2 Å². The summed E-state index contributed by atoms with van der Waals surface area (Å²) in [4.78, 5) is 0. The van der Waals surface area contributed by atoms with Gasteiger partial charge in [-0.15, -0.1) is 0 Å². The number of rotatable bonds is 7. The third-order valence-electron chi connectivity index (χ3n) is 3.41. The first-order chi connectivity index (χ1) is 6.58. The Labute approximate surface area is 95.4 Å². The van der Waals surface area contributed by atoms with E-state index in [2.05, 4.69) is 38.8 Å². The molecule has 0 aromatic rings. The average molecular weight is 232 g/mol. The molecule has 3 unspecified atom stereocenters. The van der Waals surface area contributed by atoms with E-state index in [-0.39, 0.29) is 0 Å². The van der Waals surface area contributed by atoms with E-state index < -0.39 is 8.96 Å². The molecule has 1 nitrogen and oxygen atoms in total. The minimum Gasteiger partial charge on any atom is -0.322 e. The Kier molecular flexibility index (Phi) is 7.87. The normalized spacial score (nSPS) is 18.4. The lowest BCUT2D eigenvalue weighted by molar-refractivity contribution is 0.261. The monoisotopic (exact) mass is 231 g/mol. The van der Waals surface area contributed by atoms with Gasteiger partial charge in [0, 0.05) is 22.3 Å². The van der Waals surface area contributed by atoms with Crippen molar-refractivity contribution in [3.63, 3.8) is 0 Å². The van der Waals surface area contributed by atoms with Crippen LogP contribution in [0.15, 0.2) is 0 Å². The second kappa shape index (κ2) is 7.66. The van der Waals surface area contributed by atoms with Crippen molar-refractivity contribution in [2.75, 3.05) is 0 Å². The highest BCUT2D eigenvalue weighted by molar-refractivity contribution is 6.55. The Hall–Kier alpha value is 0.394. The van der Waals surface area contributed by atoms with Crippen LogP contribution in [0.2, 0.25) is 18.6 Å². The van der Waals surface area contributed by atoms with E-state index in [9.17, 15) is 0 Å². The number of hydrogen-bond donors (Lipinski definition) is 0. The molecule has 0 heterocycles. The summed E-state index contributed by atoms with van der Waals surface area (Å²) >= 11 is 0. The molecule has 3 heteroatoms. The molecule has 0 aromatic heterocycles. The minimum absolute atomic E-state index is 0.600. The van der Waals surface area contributed by atoms with Gasteiger partial charge < -0.3 is 4.57 Å². The molecule has 14 heavy (non-hydrogen) atoms. The molecule has 86 valence electrons. The topological polar surface area (TPSA) is 3.24 Å². The Morgan fingerprint density at radius 1 is 1.14 bits per heavy atom. The molecule has 0 N–H and O–H groups in total. The van der Waals surface area contributed by atoms with Crippen molar-refractivity contribution in [2.45, 2.75) is 71.3 Å². The van der Waals surface area contributed by atoms with Gasteiger partial charge in [0.25, 0.3) is 0 Å². The average Bonchev–Trinajstić information content (AvgIpc) is 2.17. The largest absolute Gasteiger partial charge is 0.322 e. The zero-order chi connectivity index (χ0) is 11.1. The third kappa shape index (κ3) is 4.28. The van der Waals surface area contributed by atoms with Gasteiger partial charge in [-0.2, -0.15) is 0 Å². The first-order valence-electron chi connectivity index (χ1n) is 6.35. The lowest BCUT2D eigenvalue weighted by Gasteiger charge is -2.38. The molecule has 3 atom stereocenters. The van der Waals surface area contributed by atoms with Crippen LogP contribution in [-0.2, 0) is 0 Å². The van der Waals surface area contributed by atoms with Gasteiger partial charge in [-0.3, -0.25) is 0 Å². The number of hydrogen-bond acceptors (Lipinski definition) is 1. The van der Waals surface area contributed by atoms with E-state index in [1.807, 2.05) is 0 Å². The Morgan fingerprint density at radius 2 is 1.57 bits per heavy atom. The smallest absolute Gasteiger partial charge is 0.109 e. The molecule has 0 aliphatic carbocycles. The zero-order valence-electron chi connectivity index (χ0n) is 11.0. The van der Waals surface area contributed by atoms with Crippen LogP contribution in [0.5, 0.6) is 0 Å². The molecule has 0 amide bonds. The summed E-state index contributed by atoms with van der Waals surface area (Å²) in [6.45, 7) is 12.0. The van der Waals surface area contributed by atoms with Crippen molar-refractivity contribution >= 4 is 19.2 Å². The van der Waals surface area contributed by atoms with Crippen LogP contribution in [-0.4, -0.2) is 35.8 Å². The molecule has 0 saturated heterocycles. The standard InChI is InChI=1S/C11H29NSi2/c1-6-10(3)12(11(4)7-2)14(5)9-8-13/h10-11,14H,6-9H2,1-5,13H3. The quantitative estimate of drug-likeness (QED) is 0.606. The second-order valence-electron chi connectivity index (χ2n) is 4.60. The minimum atomic E-state index is -0.600. The Bertz CT molecular complexity index is 131. The van der Waals surface area contributed by atoms with Crippen LogP contribution < -0.4 is 0 Å². The summed E-state index contributed by atoms with van der Waals surface area (Å²) in [7, 11) is 0.785. The van der Waals surface area contributed by atoms with E-state index in [0.29, 0.717) is 0 Å². The predicted octanol–water partition coefficient (Wildman–Crippen LogP) is 2.02. The van der Waals surface area contributed by atoms with Crippen molar-refractivity contribution in [3.8, 4) is 0 Å². The maximum atomic E-state index is 2.86. The molecule has 0 saturated carbocycles. The molecular weight excluding hydrogens is 202 g/mol. The van der Waals surface area contributed by atoms with Gasteiger partial charge in [0.1, 0.15) is 8.96 Å². The zero-order valence-corrected chi connectivity index (χ0v) is 14.2. The summed E-state index contributed by atoms with van der Waals surface area (Å²) in [6, 6.07) is 4.64. The van der Waals surface area contributed by atoms with E-state index in [0.717, 1.165) is 12.1 Å². The lowest BCUT2D eigenvalue weighted by atomic mass is 10.2. The predicted molar refractivity (Wildman–Crippen MR) is 73.9 cm³/mol. The van der Waals surface area contributed by atoms with E-state index in [4.69, 9.17) is 0 Å². The van der Waals surface area contributed by atoms with Crippen LogP contribution >= 0.6 is 0 Å². The van der Waals surface area contributed by atoms with Crippen molar-refractivity contribution in [1.82, 2.24) is 4.57 Å². The summed E-state index contributed by atoms with van der Waals surface area (Å²) in [5.41, 5.74) is 0. The second-order valence-corrected chi connectivity index (χ2v) is 8.47. The SMILES string of the molecule is CCC(C)N(C(C)CC)[SiH](C)CC[SiH3]. The first-order valence-corrected chi connectivity index (χ1v) is 10.3. The molecule has 0 spiro atoms. The van der Waals surface area contributed by atoms with Crippen molar-refractivity contribution < 1.29 is 0 Å². The molecule has 0 radical (unpaired) electrons. The van der Waals surface area contributed by atoms with Gasteiger partial charge in [-0.05, 0) is 12.8 Å². The third-order valence-corrected chi connectivity index (χ3v) is 8.60. The fourth-order valence-corrected chi connectivity index (χ4v) is 8.09. The highest BCUT2D eigenvalue weighted by Crippen LogP contribution is 2.16. The van der Waals surface area contributed by atoms with Crippen molar-refractivity contribution in [2.24, 2.45) is 0 Å². The first kappa shape index (κ1) is 14.4. The van der Waals surface area contributed by atoms with Gasteiger partial charge >= 0.3 is 0 Å². The van der Waals surface area contributed by atoms with Crippen LogP contribution in [0.4, 0.5) is 0 Å².